The number of nitriles is 1. The molecule has 0 fully saturated rings. The van der Waals surface area contributed by atoms with Crippen molar-refractivity contribution < 1.29 is 0 Å². The zero-order chi connectivity index (χ0) is 16.2. The summed E-state index contributed by atoms with van der Waals surface area (Å²) < 4.78 is 0. The van der Waals surface area contributed by atoms with E-state index in [9.17, 15) is 0 Å². The van der Waals surface area contributed by atoms with Gasteiger partial charge in [0.2, 0.25) is 0 Å². The number of para-hydroxylation sites is 1. The second kappa shape index (κ2) is 6.41. The van der Waals surface area contributed by atoms with Gasteiger partial charge in [0.1, 0.15) is 5.82 Å². The van der Waals surface area contributed by atoms with Gasteiger partial charge in [0, 0.05) is 36.9 Å². The average Bonchev–Trinajstić information content (AvgIpc) is 2.61. The van der Waals surface area contributed by atoms with Gasteiger partial charge in [-0.3, -0.25) is 4.98 Å². The van der Waals surface area contributed by atoms with E-state index >= 15 is 0 Å². The highest BCUT2D eigenvalue weighted by atomic mass is 15.2. The molecular weight excluding hydrogens is 286 g/mol. The predicted molar refractivity (Wildman–Crippen MR) is 90.8 cm³/mol. The summed E-state index contributed by atoms with van der Waals surface area (Å²) in [6.07, 6.45) is 3.48. The van der Waals surface area contributed by atoms with Crippen molar-refractivity contribution in [2.75, 3.05) is 18.5 Å². The van der Waals surface area contributed by atoms with Gasteiger partial charge in [0.15, 0.2) is 5.82 Å². The number of aromatic nitrogens is 3. The van der Waals surface area contributed by atoms with E-state index in [1.807, 2.05) is 55.3 Å². The van der Waals surface area contributed by atoms with Crippen molar-refractivity contribution in [3.05, 3.63) is 48.8 Å². The minimum Gasteiger partial charge on any atom is -0.358 e. The van der Waals surface area contributed by atoms with Gasteiger partial charge in [-0.1, -0.05) is 12.1 Å². The Morgan fingerprint density at radius 3 is 2.74 bits per heavy atom. The van der Waals surface area contributed by atoms with Crippen molar-refractivity contribution >= 4 is 16.7 Å². The third-order valence-corrected chi connectivity index (χ3v) is 3.63. The maximum atomic E-state index is 9.06. The molecule has 0 saturated heterocycles. The molecule has 0 amide bonds. The zero-order valence-corrected chi connectivity index (χ0v) is 13.1. The van der Waals surface area contributed by atoms with Gasteiger partial charge >= 0.3 is 0 Å². The Hall–Kier alpha value is -3.00. The minimum atomic E-state index is -0.0735. The highest BCUT2D eigenvalue weighted by Crippen LogP contribution is 2.26. The molecule has 3 rings (SSSR count). The summed E-state index contributed by atoms with van der Waals surface area (Å²) in [6, 6.07) is 14.0. The Labute approximate surface area is 135 Å². The van der Waals surface area contributed by atoms with Gasteiger partial charge in [-0.15, -0.1) is 0 Å². The molecule has 0 aliphatic rings. The number of benzene rings is 1. The van der Waals surface area contributed by atoms with E-state index < -0.39 is 0 Å². The largest absolute Gasteiger partial charge is 0.358 e. The summed E-state index contributed by atoms with van der Waals surface area (Å²) in [5.74, 6) is 1.40. The second-order valence-electron chi connectivity index (χ2n) is 5.54. The summed E-state index contributed by atoms with van der Waals surface area (Å²) in [6.45, 7) is 2.52. The first kappa shape index (κ1) is 14.9. The van der Waals surface area contributed by atoms with Crippen LogP contribution in [-0.4, -0.2) is 28.5 Å². The van der Waals surface area contributed by atoms with Crippen LogP contribution in [0.15, 0.2) is 48.8 Å². The fourth-order valence-electron chi connectivity index (χ4n) is 2.51. The van der Waals surface area contributed by atoms with E-state index in [4.69, 9.17) is 10.2 Å². The summed E-state index contributed by atoms with van der Waals surface area (Å²) in [4.78, 5) is 15.5. The molecule has 0 unspecified atom stereocenters. The van der Waals surface area contributed by atoms with Crippen molar-refractivity contribution in [1.82, 2.24) is 15.0 Å². The molecule has 23 heavy (non-hydrogen) atoms. The number of fused-ring (bicyclic) bond motifs is 1. The van der Waals surface area contributed by atoms with Crippen LogP contribution in [0.4, 0.5) is 5.82 Å². The Morgan fingerprint density at radius 1 is 1.17 bits per heavy atom. The topological polar surface area (TPSA) is 65.7 Å². The Balaban J connectivity index is 2.13. The summed E-state index contributed by atoms with van der Waals surface area (Å²) in [7, 11) is 1.95. The number of anilines is 1. The van der Waals surface area contributed by atoms with Crippen LogP contribution in [0.2, 0.25) is 0 Å². The standard InChI is InChI=1S/C18H17N5/c1-13(10-19)12-23(2)18-15-7-3-4-8-16(15)21-17(22-18)14-6-5-9-20-11-14/h3-9,11,13H,12H2,1-2H3/t13-/m1/s1. The van der Waals surface area contributed by atoms with Crippen LogP contribution in [0.3, 0.4) is 0 Å². The molecule has 0 saturated carbocycles. The molecule has 3 aromatic rings. The Morgan fingerprint density at radius 2 is 2.00 bits per heavy atom. The first-order chi connectivity index (χ1) is 11.2. The lowest BCUT2D eigenvalue weighted by Crippen LogP contribution is -2.24. The highest BCUT2D eigenvalue weighted by molar-refractivity contribution is 5.90. The number of nitrogens with zero attached hydrogens (tertiary/aromatic N) is 5. The molecule has 1 aromatic carbocycles. The van der Waals surface area contributed by atoms with Crippen molar-refractivity contribution in [3.8, 4) is 17.5 Å². The van der Waals surface area contributed by atoms with Crippen molar-refractivity contribution in [1.29, 1.82) is 5.26 Å². The first-order valence-corrected chi connectivity index (χ1v) is 7.47. The van der Waals surface area contributed by atoms with E-state index in [0.29, 0.717) is 12.4 Å². The van der Waals surface area contributed by atoms with Gasteiger partial charge in [-0.05, 0) is 31.2 Å². The van der Waals surface area contributed by atoms with E-state index in [1.165, 1.54) is 0 Å². The third kappa shape index (κ3) is 3.11. The molecule has 0 spiro atoms. The number of hydrogen-bond donors (Lipinski definition) is 0. The average molecular weight is 303 g/mol. The molecule has 2 aromatic heterocycles. The van der Waals surface area contributed by atoms with Gasteiger partial charge < -0.3 is 4.90 Å². The van der Waals surface area contributed by atoms with Crippen molar-refractivity contribution in [3.63, 3.8) is 0 Å². The van der Waals surface area contributed by atoms with Crippen LogP contribution in [0, 0.1) is 17.2 Å². The van der Waals surface area contributed by atoms with Crippen LogP contribution in [-0.2, 0) is 0 Å². The minimum absolute atomic E-state index is 0.0735. The van der Waals surface area contributed by atoms with Crippen molar-refractivity contribution in [2.24, 2.45) is 5.92 Å². The lowest BCUT2D eigenvalue weighted by atomic mass is 10.1. The Bertz CT molecular complexity index is 854. The maximum absolute atomic E-state index is 9.06. The molecule has 0 N–H and O–H groups in total. The highest BCUT2D eigenvalue weighted by Gasteiger charge is 2.14. The molecule has 2 heterocycles. The number of pyridine rings is 1. The molecule has 0 aliphatic heterocycles. The van der Waals surface area contributed by atoms with E-state index in [1.54, 1.807) is 12.4 Å². The van der Waals surface area contributed by atoms with Crippen LogP contribution in [0.25, 0.3) is 22.3 Å². The maximum Gasteiger partial charge on any atom is 0.163 e. The summed E-state index contributed by atoms with van der Waals surface area (Å²) >= 11 is 0. The van der Waals surface area contributed by atoms with Crippen LogP contribution < -0.4 is 4.90 Å². The van der Waals surface area contributed by atoms with Crippen LogP contribution in [0.5, 0.6) is 0 Å². The molecular formula is C18H17N5. The van der Waals surface area contributed by atoms with Gasteiger partial charge in [0.25, 0.3) is 0 Å². The van der Waals surface area contributed by atoms with Gasteiger partial charge in [0.05, 0.1) is 17.5 Å². The van der Waals surface area contributed by atoms with E-state index in [0.717, 1.165) is 22.3 Å². The smallest absolute Gasteiger partial charge is 0.163 e. The fraction of sp³-hybridized carbons (Fsp3) is 0.222. The quantitative estimate of drug-likeness (QED) is 0.740. The monoisotopic (exact) mass is 303 g/mol. The number of rotatable bonds is 4. The van der Waals surface area contributed by atoms with Gasteiger partial charge in [-0.25, -0.2) is 9.97 Å². The molecule has 0 aliphatic carbocycles. The van der Waals surface area contributed by atoms with Crippen molar-refractivity contribution in [2.45, 2.75) is 6.92 Å². The molecule has 5 nitrogen and oxygen atoms in total. The first-order valence-electron chi connectivity index (χ1n) is 7.47. The van der Waals surface area contributed by atoms with E-state index in [-0.39, 0.29) is 5.92 Å². The Kier molecular flexibility index (Phi) is 4.15. The normalized spacial score (nSPS) is 11.9. The fourth-order valence-corrected chi connectivity index (χ4v) is 2.51. The lowest BCUT2D eigenvalue weighted by Gasteiger charge is -2.21. The summed E-state index contributed by atoms with van der Waals surface area (Å²) in [5.41, 5.74) is 1.76. The summed E-state index contributed by atoms with van der Waals surface area (Å²) in [5, 5.41) is 10.0. The molecule has 5 heteroatoms. The molecule has 114 valence electrons. The SMILES string of the molecule is C[C@H](C#N)CN(C)c1nc(-c2cccnc2)nc2ccccc12. The zero-order valence-electron chi connectivity index (χ0n) is 13.1. The third-order valence-electron chi connectivity index (χ3n) is 3.63. The van der Waals surface area contributed by atoms with Gasteiger partial charge in [-0.2, -0.15) is 5.26 Å². The molecule has 0 radical (unpaired) electrons. The second-order valence-corrected chi connectivity index (χ2v) is 5.54. The molecule has 0 bridgehead atoms. The van der Waals surface area contributed by atoms with Crippen LogP contribution >= 0.6 is 0 Å². The lowest BCUT2D eigenvalue weighted by molar-refractivity contribution is 0.712. The van der Waals surface area contributed by atoms with Crippen LogP contribution in [0.1, 0.15) is 6.92 Å². The van der Waals surface area contributed by atoms with E-state index in [2.05, 4.69) is 16.0 Å². The molecule has 1 atom stereocenters. The predicted octanol–water partition coefficient (Wildman–Crippen LogP) is 3.29. The number of hydrogen-bond acceptors (Lipinski definition) is 5.